The predicted octanol–water partition coefficient (Wildman–Crippen LogP) is 3.52. The zero-order chi connectivity index (χ0) is 37.1. The van der Waals surface area contributed by atoms with Crippen LogP contribution in [0.15, 0.2) is 47.9 Å². The highest BCUT2D eigenvalue weighted by molar-refractivity contribution is 7.91. The van der Waals surface area contributed by atoms with Crippen molar-refractivity contribution in [1.82, 2.24) is 26.2 Å². The maximum atomic E-state index is 14.4. The Morgan fingerprint density at radius 3 is 2.24 bits per heavy atom. The summed E-state index contributed by atoms with van der Waals surface area (Å²) in [5.74, 6) is -2.91. The van der Waals surface area contributed by atoms with E-state index in [-0.39, 0.29) is 40.9 Å². The smallest absolute Gasteiger partial charge is 0.315 e. The number of piperidine rings is 1. The summed E-state index contributed by atoms with van der Waals surface area (Å²) in [4.78, 5) is 69.4. The molecule has 1 aliphatic heterocycles. The summed E-state index contributed by atoms with van der Waals surface area (Å²) in [7, 11) is -3.73. The molecule has 13 heteroatoms. The van der Waals surface area contributed by atoms with E-state index in [1.165, 1.54) is 11.0 Å². The van der Waals surface area contributed by atoms with Crippen molar-refractivity contribution in [2.45, 2.75) is 115 Å². The Morgan fingerprint density at radius 1 is 1.02 bits per heavy atom. The third-order valence-electron chi connectivity index (χ3n) is 10.7. The van der Waals surface area contributed by atoms with Crippen molar-refractivity contribution in [3.63, 3.8) is 0 Å². The van der Waals surface area contributed by atoms with E-state index in [2.05, 4.69) is 27.8 Å². The van der Waals surface area contributed by atoms with Crippen LogP contribution >= 0.6 is 0 Å². The van der Waals surface area contributed by atoms with E-state index >= 15 is 0 Å². The van der Waals surface area contributed by atoms with Crippen molar-refractivity contribution in [2.75, 3.05) is 18.8 Å². The fourth-order valence-electron chi connectivity index (χ4n) is 7.87. The number of Topliss-reactive ketones (excluding diaryl/α,β-unsaturated/α-hetero) is 1. The van der Waals surface area contributed by atoms with Gasteiger partial charge in [0.05, 0.1) is 22.2 Å². The number of rotatable bonds is 14. The highest BCUT2D eigenvalue weighted by Gasteiger charge is 2.70. The van der Waals surface area contributed by atoms with Gasteiger partial charge in [0.25, 0.3) is 5.91 Å². The largest absolute Gasteiger partial charge is 0.346 e. The first-order valence-corrected chi connectivity index (χ1v) is 19.4. The number of hydrogen-bond acceptors (Lipinski definition) is 7. The number of benzene rings is 1. The van der Waals surface area contributed by atoms with Crippen LogP contribution in [0.1, 0.15) is 86.5 Å². The fraction of sp³-hybridized carbons (Fsp3) is 0.649. The van der Waals surface area contributed by atoms with Gasteiger partial charge in [0.2, 0.25) is 17.6 Å². The van der Waals surface area contributed by atoms with Gasteiger partial charge in [0.15, 0.2) is 9.84 Å². The maximum Gasteiger partial charge on any atom is 0.315 e. The number of nitrogens with zero attached hydrogens (tertiary/aromatic N) is 1. The molecule has 5 amide bonds. The molecule has 0 aromatic heterocycles. The quantitative estimate of drug-likeness (QED) is 0.169. The molecule has 1 heterocycles. The molecule has 0 bridgehead atoms. The van der Waals surface area contributed by atoms with E-state index in [9.17, 15) is 32.4 Å². The van der Waals surface area contributed by atoms with E-state index in [1.807, 2.05) is 41.5 Å². The predicted molar refractivity (Wildman–Crippen MR) is 191 cm³/mol. The van der Waals surface area contributed by atoms with Gasteiger partial charge in [-0.25, -0.2) is 13.2 Å². The van der Waals surface area contributed by atoms with Gasteiger partial charge >= 0.3 is 6.03 Å². The summed E-state index contributed by atoms with van der Waals surface area (Å²) in [6.07, 6.45) is 5.65. The number of carbonyl (C=O) groups excluding carboxylic acids is 5. The molecule has 1 unspecified atom stereocenters. The van der Waals surface area contributed by atoms with Crippen molar-refractivity contribution in [2.24, 2.45) is 22.7 Å². The topological polar surface area (TPSA) is 171 Å². The third kappa shape index (κ3) is 8.58. The summed E-state index contributed by atoms with van der Waals surface area (Å²) < 4.78 is 26.9. The second-order valence-electron chi connectivity index (χ2n) is 15.9. The molecular weight excluding hydrogens is 659 g/mol. The van der Waals surface area contributed by atoms with Crippen LogP contribution in [0.2, 0.25) is 0 Å². The maximum absolute atomic E-state index is 14.4. The van der Waals surface area contributed by atoms with Crippen LogP contribution in [0.3, 0.4) is 0 Å². The lowest BCUT2D eigenvalue weighted by Gasteiger charge is -2.40. The van der Waals surface area contributed by atoms with Crippen molar-refractivity contribution in [3.8, 4) is 0 Å². The molecule has 4 N–H and O–H groups in total. The molecular formula is C37H55N5O7S. The van der Waals surface area contributed by atoms with E-state index in [0.717, 1.165) is 19.3 Å². The molecule has 2 saturated carbocycles. The lowest BCUT2D eigenvalue weighted by Crippen LogP contribution is -2.63. The minimum atomic E-state index is -3.73. The lowest BCUT2D eigenvalue weighted by atomic mass is 9.83. The Morgan fingerprint density at radius 2 is 1.66 bits per heavy atom. The molecule has 0 radical (unpaired) electrons. The number of likely N-dealkylation sites (tertiary alicyclic amines) is 1. The monoisotopic (exact) mass is 713 g/mol. The van der Waals surface area contributed by atoms with E-state index in [1.54, 1.807) is 30.3 Å². The van der Waals surface area contributed by atoms with Gasteiger partial charge in [0, 0.05) is 13.1 Å². The van der Waals surface area contributed by atoms with E-state index < -0.39 is 68.5 Å². The van der Waals surface area contributed by atoms with Crippen molar-refractivity contribution in [3.05, 3.63) is 43.0 Å². The SMILES string of the molecule is C=CCNC(=O)C(=O)C(CCC)NC(=O)[C@@H]1[C@@H]2[C@H](CN1C(=O)[C@@H](NC(=O)NC1(CS(=O)(=O)c3ccccc3)CCCCC1)C(C)(C)C)C2(C)C. The van der Waals surface area contributed by atoms with Crippen LogP contribution in [0, 0.1) is 22.7 Å². The van der Waals surface area contributed by atoms with Crippen molar-refractivity contribution < 1.29 is 32.4 Å². The number of carbonyl (C=O) groups is 5. The van der Waals surface area contributed by atoms with Gasteiger partial charge in [-0.1, -0.05) is 91.5 Å². The fourth-order valence-corrected chi connectivity index (χ4v) is 9.70. The summed E-state index contributed by atoms with van der Waals surface area (Å²) >= 11 is 0. The Kier molecular flexibility index (Phi) is 11.9. The first-order valence-electron chi connectivity index (χ1n) is 17.8. The molecule has 276 valence electrons. The first-order chi connectivity index (χ1) is 23.4. The molecule has 3 fully saturated rings. The van der Waals surface area contributed by atoms with Crippen LogP contribution in [0.4, 0.5) is 4.79 Å². The Balaban J connectivity index is 1.55. The minimum Gasteiger partial charge on any atom is -0.346 e. The van der Waals surface area contributed by atoms with Gasteiger partial charge in [-0.2, -0.15) is 0 Å². The molecule has 4 rings (SSSR count). The summed E-state index contributed by atoms with van der Waals surface area (Å²) in [6.45, 7) is 15.3. The molecule has 5 atom stereocenters. The molecule has 3 aliphatic rings. The Bertz CT molecular complexity index is 1560. The lowest BCUT2D eigenvalue weighted by molar-refractivity contribution is -0.145. The van der Waals surface area contributed by atoms with Crippen LogP contribution in [0.5, 0.6) is 0 Å². The first kappa shape index (κ1) is 39.1. The number of amides is 5. The van der Waals surface area contributed by atoms with Gasteiger partial charge in [-0.05, 0) is 54.1 Å². The molecule has 50 heavy (non-hydrogen) atoms. The number of nitrogens with one attached hydrogen (secondary N) is 4. The standard InChI is InChI=1S/C37H55N5O7S/c1-8-16-26(29(43)32(45)38-21-9-2)39-31(44)28-27-25(36(27,6)7)22-42(28)33(46)30(35(3,4)5)40-34(47)41-37(19-14-11-15-20-37)23-50(48,49)24-17-12-10-13-18-24/h9-10,12-13,17-18,25-28,30H,2,8,11,14-16,19-23H2,1,3-7H3,(H,38,45)(H,39,44)(H2,40,41,47)/t25-,26?,27-,28-,30+/m0/s1. The van der Waals surface area contributed by atoms with Crippen molar-refractivity contribution in [1.29, 1.82) is 0 Å². The highest BCUT2D eigenvalue weighted by Crippen LogP contribution is 2.65. The number of hydrogen-bond donors (Lipinski definition) is 4. The molecule has 1 aromatic rings. The van der Waals surface area contributed by atoms with Crippen molar-refractivity contribution >= 4 is 39.4 Å². The van der Waals surface area contributed by atoms with Gasteiger partial charge in [-0.15, -0.1) is 6.58 Å². The Hall–Kier alpha value is -3.74. The van der Waals surface area contributed by atoms with Gasteiger partial charge < -0.3 is 26.2 Å². The number of urea groups is 1. The summed E-state index contributed by atoms with van der Waals surface area (Å²) in [5.41, 5.74) is -2.01. The zero-order valence-corrected chi connectivity index (χ0v) is 31.2. The van der Waals surface area contributed by atoms with Gasteiger partial charge in [0.1, 0.15) is 12.1 Å². The molecule has 2 aliphatic carbocycles. The van der Waals surface area contributed by atoms with E-state index in [0.29, 0.717) is 25.8 Å². The number of sulfone groups is 1. The van der Waals surface area contributed by atoms with Crippen LogP contribution in [-0.2, 0) is 29.0 Å². The second kappa shape index (κ2) is 15.2. The normalized spacial score (nSPS) is 23.4. The van der Waals surface area contributed by atoms with Gasteiger partial charge in [-0.3, -0.25) is 19.2 Å². The number of ketones is 1. The molecule has 1 aromatic carbocycles. The van der Waals surface area contributed by atoms with E-state index in [4.69, 9.17) is 0 Å². The number of fused-ring (bicyclic) bond motifs is 1. The summed E-state index contributed by atoms with van der Waals surface area (Å²) in [5, 5.41) is 11.1. The average Bonchev–Trinajstić information content (AvgIpc) is 3.36. The molecule has 12 nitrogen and oxygen atoms in total. The van der Waals surface area contributed by atoms with Crippen LogP contribution < -0.4 is 21.3 Å². The average molecular weight is 714 g/mol. The highest BCUT2D eigenvalue weighted by atomic mass is 32.2. The molecule has 1 saturated heterocycles. The Labute approximate surface area is 296 Å². The second-order valence-corrected chi connectivity index (χ2v) is 17.9. The minimum absolute atomic E-state index is 0.0431. The van der Waals surface area contributed by atoms with Crippen LogP contribution in [-0.4, -0.2) is 85.4 Å². The van der Waals surface area contributed by atoms with Crippen LogP contribution in [0.25, 0.3) is 0 Å². The third-order valence-corrected chi connectivity index (χ3v) is 12.7. The zero-order valence-electron chi connectivity index (χ0n) is 30.3. The molecule has 0 spiro atoms. The summed E-state index contributed by atoms with van der Waals surface area (Å²) in [6, 6.07) is 4.52.